The van der Waals surface area contributed by atoms with Gasteiger partial charge in [0.1, 0.15) is 5.65 Å². The molecule has 0 saturated carbocycles. The molecular formula is C17H15ClN4O2. The van der Waals surface area contributed by atoms with E-state index in [1.165, 1.54) is 0 Å². The van der Waals surface area contributed by atoms with Crippen LogP contribution in [0.1, 0.15) is 20.7 Å². The number of nitrogens with zero attached hydrogens (tertiary/aromatic N) is 2. The van der Waals surface area contributed by atoms with Crippen molar-refractivity contribution in [2.45, 2.75) is 0 Å². The average Bonchev–Trinajstić information content (AvgIpc) is 3.06. The Bertz CT molecular complexity index is 891. The van der Waals surface area contributed by atoms with Gasteiger partial charge in [0.2, 0.25) is 0 Å². The number of rotatable bonds is 5. The van der Waals surface area contributed by atoms with Gasteiger partial charge in [0.15, 0.2) is 0 Å². The third-order valence-corrected chi connectivity index (χ3v) is 3.80. The topological polar surface area (TPSA) is 75.5 Å². The molecule has 1 aromatic carbocycles. The first-order valence-corrected chi connectivity index (χ1v) is 7.76. The predicted octanol–water partition coefficient (Wildman–Crippen LogP) is 2.15. The van der Waals surface area contributed by atoms with E-state index in [-0.39, 0.29) is 11.8 Å². The maximum absolute atomic E-state index is 12.1. The Morgan fingerprint density at radius 1 is 1.04 bits per heavy atom. The second kappa shape index (κ2) is 7.14. The molecule has 0 aliphatic rings. The van der Waals surface area contributed by atoms with E-state index in [1.807, 2.05) is 0 Å². The van der Waals surface area contributed by atoms with Gasteiger partial charge in [0, 0.05) is 31.7 Å². The lowest BCUT2D eigenvalue weighted by molar-refractivity contribution is 0.0927. The maximum atomic E-state index is 12.1. The van der Waals surface area contributed by atoms with Gasteiger partial charge in [-0.3, -0.25) is 9.59 Å². The number of carbonyl (C=O) groups excluding carboxylic acids is 2. The van der Waals surface area contributed by atoms with Crippen LogP contribution in [-0.2, 0) is 0 Å². The summed E-state index contributed by atoms with van der Waals surface area (Å²) in [5.41, 5.74) is 1.72. The van der Waals surface area contributed by atoms with Crippen molar-refractivity contribution in [1.29, 1.82) is 0 Å². The van der Waals surface area contributed by atoms with Crippen LogP contribution in [0.3, 0.4) is 0 Å². The third-order valence-electron chi connectivity index (χ3n) is 3.47. The van der Waals surface area contributed by atoms with Crippen LogP contribution in [0.5, 0.6) is 0 Å². The first-order valence-electron chi connectivity index (χ1n) is 7.39. The predicted molar refractivity (Wildman–Crippen MR) is 91.3 cm³/mol. The van der Waals surface area contributed by atoms with E-state index >= 15 is 0 Å². The molecule has 0 aliphatic carbocycles. The number of benzene rings is 1. The molecule has 0 aliphatic heterocycles. The fraction of sp³-hybridized carbons (Fsp3) is 0.118. The number of hydrogen-bond acceptors (Lipinski definition) is 3. The van der Waals surface area contributed by atoms with Crippen LogP contribution in [0, 0.1) is 0 Å². The third kappa shape index (κ3) is 3.55. The molecule has 7 heteroatoms. The van der Waals surface area contributed by atoms with Crippen molar-refractivity contribution in [1.82, 2.24) is 20.0 Å². The smallest absolute Gasteiger partial charge is 0.252 e. The summed E-state index contributed by atoms with van der Waals surface area (Å²) in [6.07, 6.45) is 5.15. The second-order valence-corrected chi connectivity index (χ2v) is 5.51. The van der Waals surface area contributed by atoms with E-state index in [2.05, 4.69) is 15.6 Å². The fourth-order valence-electron chi connectivity index (χ4n) is 2.25. The van der Waals surface area contributed by atoms with E-state index in [9.17, 15) is 9.59 Å². The van der Waals surface area contributed by atoms with E-state index < -0.39 is 0 Å². The van der Waals surface area contributed by atoms with Gasteiger partial charge >= 0.3 is 0 Å². The molecule has 24 heavy (non-hydrogen) atoms. The number of imidazole rings is 1. The van der Waals surface area contributed by atoms with Crippen molar-refractivity contribution >= 4 is 29.1 Å². The Hall–Kier alpha value is -2.86. The van der Waals surface area contributed by atoms with Gasteiger partial charge in [-0.05, 0) is 24.3 Å². The Morgan fingerprint density at radius 3 is 2.58 bits per heavy atom. The van der Waals surface area contributed by atoms with Gasteiger partial charge in [-0.2, -0.15) is 0 Å². The monoisotopic (exact) mass is 342 g/mol. The van der Waals surface area contributed by atoms with E-state index in [1.54, 1.807) is 59.4 Å². The maximum Gasteiger partial charge on any atom is 0.252 e. The summed E-state index contributed by atoms with van der Waals surface area (Å²) < 4.78 is 1.77. The van der Waals surface area contributed by atoms with Crippen LogP contribution >= 0.6 is 11.6 Å². The number of carbonyl (C=O) groups is 2. The van der Waals surface area contributed by atoms with Crippen molar-refractivity contribution in [3.63, 3.8) is 0 Å². The van der Waals surface area contributed by atoms with Gasteiger partial charge < -0.3 is 15.0 Å². The van der Waals surface area contributed by atoms with E-state index in [4.69, 9.17) is 11.6 Å². The first-order chi connectivity index (χ1) is 11.6. The van der Waals surface area contributed by atoms with Gasteiger partial charge in [-0.1, -0.05) is 23.7 Å². The van der Waals surface area contributed by atoms with E-state index in [0.29, 0.717) is 29.2 Å². The number of halogens is 1. The fourth-order valence-corrected chi connectivity index (χ4v) is 2.47. The zero-order valence-electron chi connectivity index (χ0n) is 12.7. The number of fused-ring (bicyclic) bond motifs is 1. The van der Waals surface area contributed by atoms with Crippen molar-refractivity contribution in [3.8, 4) is 0 Å². The van der Waals surface area contributed by atoms with Crippen LogP contribution in [0.4, 0.5) is 0 Å². The lowest BCUT2D eigenvalue weighted by atomic mass is 10.2. The summed E-state index contributed by atoms with van der Waals surface area (Å²) >= 11 is 5.96. The number of amides is 2. The largest absolute Gasteiger partial charge is 0.350 e. The zero-order chi connectivity index (χ0) is 16.9. The minimum atomic E-state index is -0.269. The average molecular weight is 343 g/mol. The molecule has 0 fully saturated rings. The van der Waals surface area contributed by atoms with Crippen LogP contribution in [-0.4, -0.2) is 34.3 Å². The summed E-state index contributed by atoms with van der Waals surface area (Å²) in [5.74, 6) is -0.479. The number of aromatic nitrogens is 2. The molecule has 3 rings (SSSR count). The molecule has 6 nitrogen and oxygen atoms in total. The zero-order valence-corrected chi connectivity index (χ0v) is 13.5. The minimum Gasteiger partial charge on any atom is -0.350 e. The normalized spacial score (nSPS) is 10.5. The van der Waals surface area contributed by atoms with Crippen molar-refractivity contribution in [3.05, 3.63) is 71.1 Å². The Morgan fingerprint density at radius 2 is 1.79 bits per heavy atom. The molecule has 0 saturated heterocycles. The molecule has 0 atom stereocenters. The Labute approximate surface area is 143 Å². The van der Waals surface area contributed by atoms with Crippen molar-refractivity contribution in [2.24, 2.45) is 0 Å². The highest BCUT2D eigenvalue weighted by molar-refractivity contribution is 6.33. The Balaban J connectivity index is 1.50. The van der Waals surface area contributed by atoms with Gasteiger partial charge in [0.25, 0.3) is 11.8 Å². The number of nitrogens with one attached hydrogen (secondary N) is 2. The summed E-state index contributed by atoms with van der Waals surface area (Å²) in [6.45, 7) is 0.625. The molecule has 2 aromatic heterocycles. The molecule has 3 aromatic rings. The standard InChI is InChI=1S/C17H15ClN4O2/c18-14-4-2-1-3-13(14)17(24)21-8-7-20-16(23)12-5-6-15-19-9-10-22(15)11-12/h1-6,9-11H,7-8H2,(H,20,23)(H,21,24). The highest BCUT2D eigenvalue weighted by Crippen LogP contribution is 2.14. The SMILES string of the molecule is O=C(NCCNC(=O)c1ccccc1Cl)c1ccc2nccn2c1. The Kier molecular flexibility index (Phi) is 4.77. The molecule has 2 heterocycles. The summed E-state index contributed by atoms with van der Waals surface area (Å²) in [4.78, 5) is 28.2. The van der Waals surface area contributed by atoms with Crippen molar-refractivity contribution < 1.29 is 9.59 Å². The minimum absolute atomic E-state index is 0.211. The summed E-state index contributed by atoms with van der Waals surface area (Å²) in [6, 6.07) is 10.3. The van der Waals surface area contributed by atoms with E-state index in [0.717, 1.165) is 5.65 Å². The summed E-state index contributed by atoms with van der Waals surface area (Å²) in [7, 11) is 0. The lowest BCUT2D eigenvalue weighted by Crippen LogP contribution is -2.34. The highest BCUT2D eigenvalue weighted by atomic mass is 35.5. The molecule has 0 bridgehead atoms. The van der Waals surface area contributed by atoms with Gasteiger partial charge in [-0.15, -0.1) is 0 Å². The molecule has 0 radical (unpaired) electrons. The molecule has 122 valence electrons. The highest BCUT2D eigenvalue weighted by Gasteiger charge is 2.09. The van der Waals surface area contributed by atoms with Gasteiger partial charge in [0.05, 0.1) is 16.1 Å². The molecule has 2 N–H and O–H groups in total. The molecule has 0 spiro atoms. The molecular weight excluding hydrogens is 328 g/mol. The van der Waals surface area contributed by atoms with Crippen LogP contribution < -0.4 is 10.6 Å². The quantitative estimate of drug-likeness (QED) is 0.698. The van der Waals surface area contributed by atoms with Gasteiger partial charge in [-0.25, -0.2) is 4.98 Å². The number of hydrogen-bond donors (Lipinski definition) is 2. The first kappa shape index (κ1) is 16.0. The number of pyridine rings is 1. The molecule has 0 unspecified atom stereocenters. The summed E-state index contributed by atoms with van der Waals surface area (Å²) in [5, 5.41) is 5.87. The molecule has 2 amide bonds. The van der Waals surface area contributed by atoms with Crippen LogP contribution in [0.2, 0.25) is 5.02 Å². The van der Waals surface area contributed by atoms with Crippen molar-refractivity contribution in [2.75, 3.05) is 13.1 Å². The lowest BCUT2D eigenvalue weighted by Gasteiger charge is -2.08. The second-order valence-electron chi connectivity index (χ2n) is 5.10. The van der Waals surface area contributed by atoms with Crippen LogP contribution in [0.25, 0.3) is 5.65 Å². The van der Waals surface area contributed by atoms with Crippen LogP contribution in [0.15, 0.2) is 55.0 Å².